The topological polar surface area (TPSA) is 174 Å². The van der Waals surface area contributed by atoms with Crippen LogP contribution in [0.2, 0.25) is 0 Å². The summed E-state index contributed by atoms with van der Waals surface area (Å²) in [6.45, 7) is 14.1. The number of ether oxygens (including phenoxy) is 2. The molecule has 5 amide bonds. The van der Waals surface area contributed by atoms with Crippen molar-refractivity contribution in [3.63, 3.8) is 0 Å². The average Bonchev–Trinajstić information content (AvgIpc) is 3.93. The average molecular weight is 886 g/mol. The van der Waals surface area contributed by atoms with Crippen molar-refractivity contribution in [3.05, 3.63) is 52.0 Å². The van der Waals surface area contributed by atoms with Crippen LogP contribution in [-0.4, -0.2) is 158 Å². The van der Waals surface area contributed by atoms with E-state index in [2.05, 4.69) is 15.6 Å². The standard InChI is InChI=1S/C46H75N7O8S/c1-14-30(6)40(52(11)46(59)38(28(2)3)49-43(57)39(29(4)5)50(8)9)36(60-12)26-37(55)53-22-18-21-35(53)41(61-13)31(7)42(56)47-33(25-32-19-16-15-17-20-32)44-48-34(27-62-44)45(58)51(10)23-24-54/h15-17,19-20,27-31,33,35-36,38-41,54H,14,18,21-26H2,1-13H3,(H,47,56)(H,49,57)/t30-,31+,33-,35-,36+,38-,39-,40-,41+/m0/s1. The number of nitrogens with one attached hydrogen (secondary N) is 2. The number of nitrogens with zero attached hydrogens (tertiary/aromatic N) is 5. The van der Waals surface area contributed by atoms with Gasteiger partial charge in [0.1, 0.15) is 16.7 Å². The summed E-state index contributed by atoms with van der Waals surface area (Å²) in [6.07, 6.45) is 1.24. The first-order valence-corrected chi connectivity index (χ1v) is 23.0. The minimum absolute atomic E-state index is 0.00311. The molecule has 0 unspecified atom stereocenters. The number of likely N-dealkylation sites (N-methyl/N-ethyl adjacent to an activating group) is 3. The highest BCUT2D eigenvalue weighted by Gasteiger charge is 2.43. The lowest BCUT2D eigenvalue weighted by Gasteiger charge is -2.41. The number of amides is 5. The summed E-state index contributed by atoms with van der Waals surface area (Å²) in [7, 11) is 10.2. The van der Waals surface area contributed by atoms with Gasteiger partial charge in [-0.1, -0.05) is 85.2 Å². The van der Waals surface area contributed by atoms with Crippen LogP contribution < -0.4 is 10.6 Å². The van der Waals surface area contributed by atoms with Crippen molar-refractivity contribution in [3.8, 4) is 0 Å². The molecule has 348 valence electrons. The zero-order chi connectivity index (χ0) is 46.4. The van der Waals surface area contributed by atoms with E-state index in [1.807, 2.05) is 90.9 Å². The van der Waals surface area contributed by atoms with Gasteiger partial charge in [-0.25, -0.2) is 4.98 Å². The molecule has 2 aromatic rings. The number of hydrogen-bond donors (Lipinski definition) is 3. The zero-order valence-corrected chi connectivity index (χ0v) is 40.2. The lowest BCUT2D eigenvalue weighted by Crippen LogP contribution is -2.59. The van der Waals surface area contributed by atoms with E-state index in [0.717, 1.165) is 18.4 Å². The molecule has 0 saturated carbocycles. The minimum Gasteiger partial charge on any atom is -0.395 e. The predicted molar refractivity (Wildman–Crippen MR) is 242 cm³/mol. The van der Waals surface area contributed by atoms with Crippen LogP contribution in [0, 0.1) is 23.7 Å². The summed E-state index contributed by atoms with van der Waals surface area (Å²) in [4.78, 5) is 80.8. The predicted octanol–water partition coefficient (Wildman–Crippen LogP) is 4.25. The Morgan fingerprint density at radius 3 is 2.15 bits per heavy atom. The van der Waals surface area contributed by atoms with E-state index in [-0.39, 0.29) is 72.6 Å². The lowest BCUT2D eigenvalue weighted by molar-refractivity contribution is -0.148. The van der Waals surface area contributed by atoms with Gasteiger partial charge in [0.15, 0.2) is 0 Å². The summed E-state index contributed by atoms with van der Waals surface area (Å²) >= 11 is 1.29. The number of aromatic nitrogens is 1. The van der Waals surface area contributed by atoms with E-state index >= 15 is 0 Å². The SMILES string of the molecule is CC[C@H](C)[C@@H]([C@@H](CC(=O)N1CCC[C@H]1[C@H](OC)[C@@H](C)C(=O)N[C@@H](Cc1ccccc1)c1nc(C(=O)N(C)CCO)cs1)OC)N(C)C(=O)[C@@H](NC(=O)[C@H](C(C)C)N(C)C)C(C)C. The number of methoxy groups -OCH3 is 2. The normalized spacial score (nSPS) is 18.1. The maximum atomic E-state index is 14.4. The van der Waals surface area contributed by atoms with Crippen LogP contribution in [0.3, 0.4) is 0 Å². The van der Waals surface area contributed by atoms with Gasteiger partial charge in [0.05, 0.1) is 55.3 Å². The Morgan fingerprint density at radius 1 is 0.935 bits per heavy atom. The smallest absolute Gasteiger partial charge is 0.273 e. The zero-order valence-electron chi connectivity index (χ0n) is 39.4. The Labute approximate surface area is 374 Å². The first kappa shape index (κ1) is 52.4. The van der Waals surface area contributed by atoms with E-state index < -0.39 is 48.3 Å². The van der Waals surface area contributed by atoms with Crippen LogP contribution in [-0.2, 0) is 35.1 Å². The van der Waals surface area contributed by atoms with Crippen LogP contribution in [0.5, 0.6) is 0 Å². The molecule has 1 fully saturated rings. The van der Waals surface area contributed by atoms with Gasteiger partial charge in [-0.3, -0.25) is 28.9 Å². The second kappa shape index (κ2) is 24.8. The van der Waals surface area contributed by atoms with Gasteiger partial charge in [-0.2, -0.15) is 0 Å². The highest BCUT2D eigenvalue weighted by Crippen LogP contribution is 2.31. The molecule has 0 spiro atoms. The molecular formula is C46H75N7O8S. The molecule has 3 N–H and O–H groups in total. The molecule has 1 saturated heterocycles. The Morgan fingerprint density at radius 2 is 1.60 bits per heavy atom. The molecular weight excluding hydrogens is 811 g/mol. The summed E-state index contributed by atoms with van der Waals surface area (Å²) in [5.74, 6) is -2.08. The molecule has 9 atom stereocenters. The van der Waals surface area contributed by atoms with Crippen molar-refractivity contribution < 1.29 is 38.6 Å². The van der Waals surface area contributed by atoms with Crippen molar-refractivity contribution in [2.75, 3.05) is 62.1 Å². The van der Waals surface area contributed by atoms with Crippen LogP contribution in [0.4, 0.5) is 0 Å². The van der Waals surface area contributed by atoms with Gasteiger partial charge in [0.2, 0.25) is 23.6 Å². The molecule has 1 aromatic heterocycles. The van der Waals surface area contributed by atoms with Crippen LogP contribution >= 0.6 is 11.3 Å². The Hall–Kier alpha value is -3.96. The van der Waals surface area contributed by atoms with Crippen molar-refractivity contribution in [2.24, 2.45) is 23.7 Å². The second-order valence-electron chi connectivity index (χ2n) is 17.7. The third-order valence-corrected chi connectivity index (χ3v) is 13.3. The number of aliphatic hydroxyl groups excluding tert-OH is 1. The number of thiazole rings is 1. The monoisotopic (exact) mass is 886 g/mol. The summed E-state index contributed by atoms with van der Waals surface area (Å²) in [5.41, 5.74) is 1.22. The maximum Gasteiger partial charge on any atom is 0.273 e. The molecule has 1 aliphatic heterocycles. The summed E-state index contributed by atoms with van der Waals surface area (Å²) in [6, 6.07) is 7.11. The molecule has 62 heavy (non-hydrogen) atoms. The molecule has 1 aromatic carbocycles. The number of rotatable bonds is 24. The molecule has 0 radical (unpaired) electrons. The third-order valence-electron chi connectivity index (χ3n) is 12.4. The molecule has 0 aliphatic carbocycles. The van der Waals surface area contributed by atoms with Gasteiger partial charge in [0, 0.05) is 46.8 Å². The first-order chi connectivity index (χ1) is 29.3. The van der Waals surface area contributed by atoms with Crippen molar-refractivity contribution in [1.29, 1.82) is 0 Å². The highest BCUT2D eigenvalue weighted by molar-refractivity contribution is 7.09. The van der Waals surface area contributed by atoms with Crippen molar-refractivity contribution in [1.82, 2.24) is 35.2 Å². The Kier molecular flexibility index (Phi) is 20.9. The molecule has 16 heteroatoms. The third kappa shape index (κ3) is 13.5. The van der Waals surface area contributed by atoms with E-state index in [1.165, 1.54) is 16.2 Å². The number of benzene rings is 1. The molecule has 3 rings (SSSR count). The van der Waals surface area contributed by atoms with Gasteiger partial charge in [-0.05, 0) is 56.7 Å². The Balaban J connectivity index is 1.83. The number of carbonyl (C=O) groups excluding carboxylic acids is 5. The summed E-state index contributed by atoms with van der Waals surface area (Å²) < 4.78 is 12.1. The highest BCUT2D eigenvalue weighted by atomic mass is 32.1. The van der Waals surface area contributed by atoms with Crippen molar-refractivity contribution >= 4 is 40.9 Å². The number of carbonyl (C=O) groups is 5. The second-order valence-corrected chi connectivity index (χ2v) is 18.6. The fourth-order valence-corrected chi connectivity index (χ4v) is 9.60. The quantitative estimate of drug-likeness (QED) is 0.138. The fraction of sp³-hybridized carbons (Fsp3) is 0.696. The van der Waals surface area contributed by atoms with Crippen LogP contribution in [0.15, 0.2) is 35.7 Å². The van der Waals surface area contributed by atoms with E-state index in [9.17, 15) is 29.1 Å². The fourth-order valence-electron chi connectivity index (χ4n) is 8.76. The number of aliphatic hydroxyl groups is 1. The molecule has 0 bridgehead atoms. The van der Waals surface area contributed by atoms with Gasteiger partial charge < -0.3 is 39.9 Å². The van der Waals surface area contributed by atoms with E-state index in [0.29, 0.717) is 24.4 Å². The maximum absolute atomic E-state index is 14.4. The first-order valence-electron chi connectivity index (χ1n) is 22.1. The van der Waals surface area contributed by atoms with Crippen LogP contribution in [0.1, 0.15) is 101 Å². The lowest BCUT2D eigenvalue weighted by atomic mass is 9.89. The van der Waals surface area contributed by atoms with Crippen LogP contribution in [0.25, 0.3) is 0 Å². The summed E-state index contributed by atoms with van der Waals surface area (Å²) in [5, 5.41) is 17.8. The van der Waals surface area contributed by atoms with E-state index in [4.69, 9.17) is 9.47 Å². The largest absolute Gasteiger partial charge is 0.395 e. The minimum atomic E-state index is -0.780. The number of hydrogen-bond acceptors (Lipinski definition) is 11. The van der Waals surface area contributed by atoms with E-state index in [1.54, 1.807) is 50.4 Å². The number of likely N-dealkylation sites (tertiary alicyclic amines) is 1. The molecule has 15 nitrogen and oxygen atoms in total. The Bertz CT molecular complexity index is 1730. The van der Waals surface area contributed by atoms with Gasteiger partial charge in [-0.15, -0.1) is 11.3 Å². The van der Waals surface area contributed by atoms with Gasteiger partial charge in [0.25, 0.3) is 5.91 Å². The molecule has 1 aliphatic rings. The van der Waals surface area contributed by atoms with Crippen molar-refractivity contribution in [2.45, 2.75) is 123 Å². The van der Waals surface area contributed by atoms with Gasteiger partial charge >= 0.3 is 0 Å². The molecule has 2 heterocycles.